The number of nitrogens with zero attached hydrogens (tertiary/aromatic N) is 2. The Balaban J connectivity index is 1.93. The molecule has 1 heterocycles. The molecule has 0 amide bonds. The van der Waals surface area contributed by atoms with Crippen molar-refractivity contribution in [3.05, 3.63) is 124 Å². The molecule has 9 nitrogen and oxygen atoms in total. The second-order valence-corrected chi connectivity index (χ2v) is 18.2. The van der Waals surface area contributed by atoms with Crippen LogP contribution in [0.1, 0.15) is 50.4 Å². The summed E-state index contributed by atoms with van der Waals surface area (Å²) < 4.78 is 74.3. The molecule has 5 rings (SSSR count). The first kappa shape index (κ1) is 36.9. The smallest absolute Gasteiger partial charge is 0.307 e. The van der Waals surface area contributed by atoms with Crippen LogP contribution < -0.4 is 14.6 Å². The summed E-state index contributed by atoms with van der Waals surface area (Å²) in [6.45, 7) is 7.15. The lowest BCUT2D eigenvalue weighted by Crippen LogP contribution is -2.37. The van der Waals surface area contributed by atoms with E-state index in [2.05, 4.69) is 0 Å². The standard InChI is InChI=1S/C34H39Cl2N2O7P3/c1-5-42-47(40,43-6-2)33(26-18-22-28(35)23-19-26)37-31-16-12-13-17-32(31)38(46(37,39)30-14-10-9-11-15-30)34(27-20-24-29(36)25-21-27)48(41,44-7-3)45-8-4/h9-25,33-34H,5-8H2,1-4H3. The predicted octanol–water partition coefficient (Wildman–Crippen LogP) is 11.1. The summed E-state index contributed by atoms with van der Waals surface area (Å²) in [4.78, 5) is 0. The molecule has 0 saturated heterocycles. The number of para-hydroxylation sites is 2. The van der Waals surface area contributed by atoms with Crippen molar-refractivity contribution >= 4 is 62.5 Å². The van der Waals surface area contributed by atoms with Gasteiger partial charge in [-0.15, -0.1) is 0 Å². The Morgan fingerprint density at radius 2 is 0.896 bits per heavy atom. The highest BCUT2D eigenvalue weighted by molar-refractivity contribution is 7.76. The molecule has 0 aliphatic carbocycles. The average Bonchev–Trinajstić information content (AvgIpc) is 3.32. The van der Waals surface area contributed by atoms with Gasteiger partial charge in [0.2, 0.25) is 0 Å². The Morgan fingerprint density at radius 1 is 0.562 bits per heavy atom. The third kappa shape index (κ3) is 6.96. The average molecular weight is 752 g/mol. The van der Waals surface area contributed by atoms with E-state index >= 15 is 13.7 Å². The van der Waals surface area contributed by atoms with Crippen LogP contribution in [0.3, 0.4) is 0 Å². The van der Waals surface area contributed by atoms with Gasteiger partial charge in [-0.2, -0.15) is 0 Å². The van der Waals surface area contributed by atoms with Crippen LogP contribution in [0, 0.1) is 0 Å². The van der Waals surface area contributed by atoms with Crippen LogP contribution in [-0.4, -0.2) is 26.4 Å². The maximum absolute atomic E-state index is 16.7. The minimum absolute atomic E-state index is 0.0630. The molecule has 1 aliphatic rings. The van der Waals surface area contributed by atoms with Gasteiger partial charge in [0.25, 0.3) is 7.44 Å². The molecule has 0 spiro atoms. The normalized spacial score (nSPS) is 17.7. The van der Waals surface area contributed by atoms with Crippen molar-refractivity contribution in [3.63, 3.8) is 0 Å². The lowest BCUT2D eigenvalue weighted by Gasteiger charge is -2.43. The Hall–Kier alpha value is -2.41. The van der Waals surface area contributed by atoms with Gasteiger partial charge in [-0.25, -0.2) is 0 Å². The maximum atomic E-state index is 16.7. The molecule has 2 unspecified atom stereocenters. The van der Waals surface area contributed by atoms with Crippen molar-refractivity contribution in [2.24, 2.45) is 0 Å². The van der Waals surface area contributed by atoms with E-state index in [0.29, 0.717) is 37.9 Å². The third-order valence-electron chi connectivity index (χ3n) is 7.69. The molecule has 0 fully saturated rings. The Labute approximate surface area is 292 Å². The van der Waals surface area contributed by atoms with Crippen LogP contribution in [-0.2, 0) is 31.8 Å². The van der Waals surface area contributed by atoms with E-state index in [1.54, 1.807) is 134 Å². The summed E-state index contributed by atoms with van der Waals surface area (Å²) in [5, 5.41) is 1.32. The fourth-order valence-corrected chi connectivity index (χ4v) is 14.9. The van der Waals surface area contributed by atoms with Crippen molar-refractivity contribution in [2.75, 3.05) is 35.8 Å². The largest absolute Gasteiger partial charge is 0.357 e. The topological polar surface area (TPSA) is 94.6 Å². The van der Waals surface area contributed by atoms with E-state index in [-0.39, 0.29) is 26.4 Å². The first-order chi connectivity index (χ1) is 23.1. The zero-order valence-corrected chi connectivity index (χ0v) is 31.3. The number of anilines is 2. The highest BCUT2D eigenvalue weighted by Gasteiger charge is 2.60. The minimum Gasteiger partial charge on any atom is -0.307 e. The maximum Gasteiger partial charge on any atom is 0.357 e. The highest BCUT2D eigenvalue weighted by Crippen LogP contribution is 2.79. The Bertz CT molecular complexity index is 1700. The molecule has 4 aromatic rings. The van der Waals surface area contributed by atoms with Crippen molar-refractivity contribution < 1.29 is 31.8 Å². The van der Waals surface area contributed by atoms with Crippen LogP contribution in [0.25, 0.3) is 0 Å². The summed E-state index contributed by atoms with van der Waals surface area (Å²) >= 11 is 12.6. The fraction of sp³-hybridized carbons (Fsp3) is 0.294. The minimum atomic E-state index is -4.24. The van der Waals surface area contributed by atoms with Gasteiger partial charge in [0.15, 0.2) is 11.6 Å². The monoisotopic (exact) mass is 750 g/mol. The molecule has 0 bridgehead atoms. The summed E-state index contributed by atoms with van der Waals surface area (Å²) in [5.41, 5.74) is 1.92. The van der Waals surface area contributed by atoms with Gasteiger partial charge in [-0.1, -0.05) is 77.8 Å². The van der Waals surface area contributed by atoms with Gasteiger partial charge in [-0.3, -0.25) is 23.0 Å². The zero-order chi connectivity index (χ0) is 34.5. The van der Waals surface area contributed by atoms with Crippen LogP contribution in [0.2, 0.25) is 10.0 Å². The summed E-state index contributed by atoms with van der Waals surface area (Å²) in [5.74, 6) is -2.45. The summed E-state index contributed by atoms with van der Waals surface area (Å²) in [6.07, 6.45) is 0. The molecule has 4 aromatic carbocycles. The molecule has 0 N–H and O–H groups in total. The molecule has 1 aliphatic heterocycles. The summed E-state index contributed by atoms with van der Waals surface area (Å²) in [7, 11) is -12.5. The number of benzene rings is 4. The molecular formula is C34H39Cl2N2O7P3. The molecule has 0 radical (unpaired) electrons. The number of fused-ring (bicyclic) bond motifs is 1. The molecular weight excluding hydrogens is 712 g/mol. The first-order valence-electron chi connectivity index (χ1n) is 15.7. The van der Waals surface area contributed by atoms with E-state index in [1.807, 2.05) is 6.07 Å². The number of hydrogen-bond acceptors (Lipinski definition) is 7. The van der Waals surface area contributed by atoms with Gasteiger partial charge in [0.05, 0.1) is 43.1 Å². The molecule has 0 aromatic heterocycles. The van der Waals surface area contributed by atoms with E-state index in [9.17, 15) is 0 Å². The lowest BCUT2D eigenvalue weighted by atomic mass is 10.2. The number of rotatable bonds is 15. The Kier molecular flexibility index (Phi) is 12.0. The second-order valence-electron chi connectivity index (χ2n) is 10.7. The van der Waals surface area contributed by atoms with Crippen molar-refractivity contribution in [2.45, 2.75) is 39.3 Å². The van der Waals surface area contributed by atoms with Gasteiger partial charge < -0.3 is 18.1 Å². The molecule has 14 heteroatoms. The van der Waals surface area contributed by atoms with Gasteiger partial charge >= 0.3 is 15.2 Å². The van der Waals surface area contributed by atoms with Crippen molar-refractivity contribution in [3.8, 4) is 0 Å². The summed E-state index contributed by atoms with van der Waals surface area (Å²) in [6, 6.07) is 29.6. The lowest BCUT2D eigenvalue weighted by molar-refractivity contribution is 0.212. The van der Waals surface area contributed by atoms with E-state index in [0.717, 1.165) is 0 Å². The molecule has 256 valence electrons. The second kappa shape index (κ2) is 15.6. The van der Waals surface area contributed by atoms with Gasteiger partial charge in [-0.05, 0) is 87.4 Å². The fourth-order valence-electron chi connectivity index (χ4n) is 5.94. The van der Waals surface area contributed by atoms with E-state index < -0.39 is 34.2 Å². The Morgan fingerprint density at radius 3 is 1.23 bits per heavy atom. The quantitative estimate of drug-likeness (QED) is 0.110. The SMILES string of the molecule is CCOP(=O)(OCC)C(c1ccc(Cl)cc1)N1c2ccccc2N(C(c2ccc(Cl)cc2)P(=O)(OCC)OCC)P1(=O)c1ccccc1. The van der Waals surface area contributed by atoms with Gasteiger partial charge in [0.1, 0.15) is 0 Å². The van der Waals surface area contributed by atoms with Crippen LogP contribution in [0.4, 0.5) is 11.4 Å². The number of halogens is 2. The molecule has 0 saturated carbocycles. The van der Waals surface area contributed by atoms with Crippen LogP contribution in [0.5, 0.6) is 0 Å². The van der Waals surface area contributed by atoms with Crippen molar-refractivity contribution in [1.29, 1.82) is 0 Å². The number of hydrogen-bond donors (Lipinski definition) is 0. The van der Waals surface area contributed by atoms with Gasteiger partial charge in [0, 0.05) is 10.0 Å². The molecule has 2 atom stereocenters. The first-order valence-corrected chi connectivity index (χ1v) is 21.3. The van der Waals surface area contributed by atoms with Crippen LogP contribution >= 0.6 is 45.8 Å². The van der Waals surface area contributed by atoms with E-state index in [1.165, 1.54) is 0 Å². The molecule has 48 heavy (non-hydrogen) atoms. The van der Waals surface area contributed by atoms with Crippen LogP contribution in [0.15, 0.2) is 103 Å². The highest BCUT2D eigenvalue weighted by atomic mass is 35.5. The van der Waals surface area contributed by atoms with E-state index in [4.69, 9.17) is 41.3 Å². The predicted molar refractivity (Wildman–Crippen MR) is 195 cm³/mol. The zero-order valence-electron chi connectivity index (χ0n) is 27.1. The third-order valence-corrected chi connectivity index (χ3v) is 16.3. The van der Waals surface area contributed by atoms with Crippen molar-refractivity contribution in [1.82, 2.24) is 0 Å².